The minimum absolute atomic E-state index is 0.0419. The van der Waals surface area contributed by atoms with Crippen LogP contribution in [0.3, 0.4) is 0 Å². The predicted octanol–water partition coefficient (Wildman–Crippen LogP) is 5.39. The third-order valence-electron chi connectivity index (χ3n) is 4.94. The molecule has 4 nitrogen and oxygen atoms in total. The lowest BCUT2D eigenvalue weighted by Crippen LogP contribution is -2.33. The third-order valence-corrected chi connectivity index (χ3v) is 5.44. The van der Waals surface area contributed by atoms with E-state index in [0.29, 0.717) is 12.2 Å². The summed E-state index contributed by atoms with van der Waals surface area (Å²) in [6.45, 7) is 0. The number of aliphatic imine (C=N–C) groups is 1. The molecule has 3 aromatic carbocycles. The molecule has 4 rings (SSSR count). The lowest BCUT2D eigenvalue weighted by atomic mass is 9.93. The summed E-state index contributed by atoms with van der Waals surface area (Å²) < 4.78 is 6.29. The topological polar surface area (TPSA) is 53.9 Å². The molecule has 0 unspecified atom stereocenters. The number of para-hydroxylation sites is 1. The van der Waals surface area contributed by atoms with Crippen LogP contribution < -0.4 is 10.1 Å². The number of nitrogens with one attached hydrogen (secondary N) is 1. The molecule has 0 bridgehead atoms. The van der Waals surface area contributed by atoms with Gasteiger partial charge in [-0.25, -0.2) is 0 Å². The molecule has 0 saturated carbocycles. The molecule has 28 heavy (non-hydrogen) atoms. The van der Waals surface area contributed by atoms with Crippen LogP contribution in [-0.2, 0) is 0 Å². The van der Waals surface area contributed by atoms with Crippen LogP contribution in [0.2, 0.25) is 0 Å². The average Bonchev–Trinajstić information content (AvgIpc) is 2.74. The standard InChI is InChI=1S/C23H21BrN2O2/c1-28-18-11-9-15(10-12-18)23-25-20(16-5-4-6-17(24)13-16)14-21(26-23)19-7-2-3-8-22(19)27/h2-13,21,23,26-27H,14H2,1H3/t21-,23+/m0/s1. The molecule has 3 aromatic rings. The van der Waals surface area contributed by atoms with Crippen LogP contribution in [0.25, 0.3) is 0 Å². The molecule has 2 atom stereocenters. The zero-order chi connectivity index (χ0) is 19.5. The first-order valence-electron chi connectivity index (χ1n) is 9.14. The largest absolute Gasteiger partial charge is 0.508 e. The van der Waals surface area contributed by atoms with Gasteiger partial charge in [0.05, 0.1) is 7.11 Å². The highest BCUT2D eigenvalue weighted by Gasteiger charge is 2.27. The maximum atomic E-state index is 10.4. The summed E-state index contributed by atoms with van der Waals surface area (Å²) in [4.78, 5) is 4.99. The molecule has 0 aliphatic carbocycles. The van der Waals surface area contributed by atoms with Gasteiger partial charge in [0.25, 0.3) is 0 Å². The number of aromatic hydroxyl groups is 1. The quantitative estimate of drug-likeness (QED) is 0.576. The normalized spacial score (nSPS) is 19.1. The van der Waals surface area contributed by atoms with Crippen molar-refractivity contribution in [3.8, 4) is 11.5 Å². The van der Waals surface area contributed by atoms with Crippen LogP contribution in [0.4, 0.5) is 0 Å². The highest BCUT2D eigenvalue weighted by atomic mass is 79.9. The van der Waals surface area contributed by atoms with E-state index in [9.17, 15) is 5.11 Å². The van der Waals surface area contributed by atoms with E-state index in [1.54, 1.807) is 13.2 Å². The number of nitrogens with zero attached hydrogens (tertiary/aromatic N) is 1. The number of phenols is 1. The zero-order valence-corrected chi connectivity index (χ0v) is 17.1. The molecule has 0 aromatic heterocycles. The molecule has 0 fully saturated rings. The Labute approximate surface area is 173 Å². The van der Waals surface area contributed by atoms with Crippen molar-refractivity contribution < 1.29 is 9.84 Å². The van der Waals surface area contributed by atoms with E-state index >= 15 is 0 Å². The molecule has 0 radical (unpaired) electrons. The first kappa shape index (κ1) is 18.7. The first-order valence-corrected chi connectivity index (χ1v) is 9.94. The third kappa shape index (κ3) is 3.96. The molecular formula is C23H21BrN2O2. The monoisotopic (exact) mass is 436 g/mol. The van der Waals surface area contributed by atoms with Crippen molar-refractivity contribution >= 4 is 21.6 Å². The van der Waals surface area contributed by atoms with Crippen molar-refractivity contribution in [3.63, 3.8) is 0 Å². The summed E-state index contributed by atoms with van der Waals surface area (Å²) in [5, 5.41) is 14.0. The Bertz CT molecular complexity index is 1000. The molecule has 2 N–H and O–H groups in total. The minimum Gasteiger partial charge on any atom is -0.508 e. The minimum atomic E-state index is -0.210. The fourth-order valence-corrected chi connectivity index (χ4v) is 3.89. The van der Waals surface area contributed by atoms with E-state index in [1.165, 1.54) is 0 Å². The Morgan fingerprint density at radius 1 is 1.04 bits per heavy atom. The second-order valence-corrected chi connectivity index (χ2v) is 7.66. The van der Waals surface area contributed by atoms with Gasteiger partial charge in [0.2, 0.25) is 0 Å². The van der Waals surface area contributed by atoms with Gasteiger partial charge in [-0.2, -0.15) is 0 Å². The molecular weight excluding hydrogens is 416 g/mol. The summed E-state index contributed by atoms with van der Waals surface area (Å²) in [5.74, 6) is 1.11. The summed E-state index contributed by atoms with van der Waals surface area (Å²) in [6, 6.07) is 23.5. The van der Waals surface area contributed by atoms with Crippen LogP contribution in [0.15, 0.2) is 82.3 Å². The average molecular weight is 437 g/mol. The van der Waals surface area contributed by atoms with Crippen LogP contribution in [0.1, 0.15) is 35.3 Å². The van der Waals surface area contributed by atoms with Crippen LogP contribution in [0.5, 0.6) is 11.5 Å². The van der Waals surface area contributed by atoms with Gasteiger partial charge in [0, 0.05) is 28.2 Å². The SMILES string of the molecule is COc1ccc([C@@H]2N=C(c3cccc(Br)c3)C[C@@H](c3ccccc3O)N2)cc1. The second-order valence-electron chi connectivity index (χ2n) is 6.74. The molecule has 1 heterocycles. The summed E-state index contributed by atoms with van der Waals surface area (Å²) >= 11 is 3.55. The molecule has 142 valence electrons. The maximum absolute atomic E-state index is 10.4. The van der Waals surface area contributed by atoms with Crippen molar-refractivity contribution in [2.75, 3.05) is 7.11 Å². The fraction of sp³-hybridized carbons (Fsp3) is 0.174. The highest BCUT2D eigenvalue weighted by Crippen LogP contribution is 2.34. The van der Waals surface area contributed by atoms with Crippen LogP contribution >= 0.6 is 15.9 Å². The van der Waals surface area contributed by atoms with Crippen molar-refractivity contribution in [3.05, 3.63) is 94.0 Å². The van der Waals surface area contributed by atoms with Crippen molar-refractivity contribution in [1.29, 1.82) is 0 Å². The Hall–Kier alpha value is -2.63. The van der Waals surface area contributed by atoms with E-state index in [0.717, 1.165) is 32.6 Å². The number of hydrogen-bond acceptors (Lipinski definition) is 4. The Morgan fingerprint density at radius 3 is 2.54 bits per heavy atom. The summed E-state index contributed by atoms with van der Waals surface area (Å²) in [5.41, 5.74) is 4.01. The van der Waals surface area contributed by atoms with Gasteiger partial charge in [-0.1, -0.05) is 58.4 Å². The zero-order valence-electron chi connectivity index (χ0n) is 15.5. The van der Waals surface area contributed by atoms with Crippen LogP contribution in [0, 0.1) is 0 Å². The Kier molecular flexibility index (Phi) is 5.46. The van der Waals surface area contributed by atoms with E-state index in [2.05, 4.69) is 33.4 Å². The van der Waals surface area contributed by atoms with Gasteiger partial charge >= 0.3 is 0 Å². The molecule has 0 saturated heterocycles. The number of ether oxygens (including phenoxy) is 1. The number of rotatable bonds is 4. The van der Waals surface area contributed by atoms with Crippen LogP contribution in [-0.4, -0.2) is 17.9 Å². The van der Waals surface area contributed by atoms with Gasteiger partial charge < -0.3 is 9.84 Å². The molecule has 1 aliphatic rings. The highest BCUT2D eigenvalue weighted by molar-refractivity contribution is 9.10. The first-order chi connectivity index (χ1) is 13.6. The molecule has 5 heteroatoms. The number of hydrogen-bond donors (Lipinski definition) is 2. The Balaban J connectivity index is 1.74. The Morgan fingerprint density at radius 2 is 1.82 bits per heavy atom. The molecule has 0 spiro atoms. The van der Waals surface area contributed by atoms with Gasteiger partial charge in [-0.15, -0.1) is 0 Å². The van der Waals surface area contributed by atoms with Gasteiger partial charge in [0.1, 0.15) is 17.7 Å². The number of methoxy groups -OCH3 is 1. The molecule has 0 amide bonds. The fourth-order valence-electron chi connectivity index (χ4n) is 3.49. The summed E-state index contributed by atoms with van der Waals surface area (Å²) in [6.07, 6.45) is 0.485. The van der Waals surface area contributed by atoms with Gasteiger partial charge in [0.15, 0.2) is 0 Å². The number of phenolic OH excluding ortho intramolecular Hbond substituents is 1. The smallest absolute Gasteiger partial charge is 0.126 e. The van der Waals surface area contributed by atoms with Crippen molar-refractivity contribution in [2.24, 2.45) is 4.99 Å². The lowest BCUT2D eigenvalue weighted by molar-refractivity contribution is 0.408. The van der Waals surface area contributed by atoms with E-state index in [1.807, 2.05) is 54.6 Å². The summed E-state index contributed by atoms with van der Waals surface area (Å²) in [7, 11) is 1.66. The van der Waals surface area contributed by atoms with Crippen molar-refractivity contribution in [1.82, 2.24) is 5.32 Å². The number of benzene rings is 3. The second kappa shape index (κ2) is 8.17. The van der Waals surface area contributed by atoms with Gasteiger partial charge in [-0.3, -0.25) is 10.3 Å². The van der Waals surface area contributed by atoms with Crippen molar-refractivity contribution in [2.45, 2.75) is 18.6 Å². The van der Waals surface area contributed by atoms with E-state index < -0.39 is 0 Å². The predicted molar refractivity (Wildman–Crippen MR) is 115 cm³/mol. The lowest BCUT2D eigenvalue weighted by Gasteiger charge is -2.31. The van der Waals surface area contributed by atoms with Gasteiger partial charge in [-0.05, 0) is 41.5 Å². The van der Waals surface area contributed by atoms with E-state index in [4.69, 9.17) is 9.73 Å². The maximum Gasteiger partial charge on any atom is 0.126 e. The number of halogens is 1. The molecule has 1 aliphatic heterocycles. The van der Waals surface area contributed by atoms with E-state index in [-0.39, 0.29) is 12.2 Å².